The molecule has 0 aliphatic carbocycles. The Morgan fingerprint density at radius 2 is 2.08 bits per heavy atom. The molecule has 1 aromatic rings. The molecule has 3 rings (SSSR count). The van der Waals surface area contributed by atoms with Gasteiger partial charge in [-0.15, -0.1) is 0 Å². The summed E-state index contributed by atoms with van der Waals surface area (Å²) >= 11 is 0. The average molecular weight is 348 g/mol. The lowest BCUT2D eigenvalue weighted by molar-refractivity contribution is 0.0378. The van der Waals surface area contributed by atoms with Crippen LogP contribution in [-0.2, 0) is 4.74 Å². The average Bonchev–Trinajstić information content (AvgIpc) is 2.67. The fourth-order valence-corrected chi connectivity index (χ4v) is 3.79. The maximum absolute atomic E-state index is 6.40. The molecular formula is C18H32N6O. The standard InChI is InChI=1S/C18H32N6O/c1-2-15-6-3-4-9-24(15)18-16(19)17(21-14-22-18)20-7-5-8-23-10-12-25-13-11-23/h14-15H,2-13,19H2,1H3,(H,20,21,22). The van der Waals surface area contributed by atoms with E-state index in [2.05, 4.69) is 32.0 Å². The van der Waals surface area contributed by atoms with E-state index in [9.17, 15) is 0 Å². The Hall–Kier alpha value is -1.60. The molecule has 7 heteroatoms. The highest BCUT2D eigenvalue weighted by molar-refractivity contribution is 5.75. The lowest BCUT2D eigenvalue weighted by Gasteiger charge is -2.36. The molecule has 2 fully saturated rings. The molecule has 1 aromatic heterocycles. The number of nitrogens with one attached hydrogen (secondary N) is 1. The number of ether oxygens (including phenoxy) is 1. The molecule has 3 heterocycles. The SMILES string of the molecule is CCC1CCCCN1c1ncnc(NCCCN2CCOCC2)c1N. The summed E-state index contributed by atoms with van der Waals surface area (Å²) in [6.07, 6.45) is 7.57. The van der Waals surface area contributed by atoms with Crippen LogP contribution in [0.4, 0.5) is 17.3 Å². The minimum absolute atomic E-state index is 0.542. The number of aromatic nitrogens is 2. The minimum Gasteiger partial charge on any atom is -0.393 e. The molecule has 0 amide bonds. The van der Waals surface area contributed by atoms with E-state index in [1.807, 2.05) is 0 Å². The van der Waals surface area contributed by atoms with Crippen molar-refractivity contribution >= 4 is 17.3 Å². The second-order valence-electron chi connectivity index (χ2n) is 6.95. The molecule has 0 aromatic carbocycles. The highest BCUT2D eigenvalue weighted by atomic mass is 16.5. The van der Waals surface area contributed by atoms with E-state index in [4.69, 9.17) is 10.5 Å². The molecule has 7 nitrogen and oxygen atoms in total. The van der Waals surface area contributed by atoms with Crippen LogP contribution in [0.3, 0.4) is 0 Å². The van der Waals surface area contributed by atoms with Gasteiger partial charge in [0, 0.05) is 32.2 Å². The van der Waals surface area contributed by atoms with Crippen LogP contribution in [0.5, 0.6) is 0 Å². The zero-order valence-electron chi connectivity index (χ0n) is 15.4. The molecule has 2 aliphatic heterocycles. The van der Waals surface area contributed by atoms with E-state index in [1.54, 1.807) is 6.33 Å². The fraction of sp³-hybridized carbons (Fsp3) is 0.778. The Kier molecular flexibility index (Phi) is 6.69. The van der Waals surface area contributed by atoms with Gasteiger partial charge in [-0.25, -0.2) is 9.97 Å². The van der Waals surface area contributed by atoms with Crippen molar-refractivity contribution in [1.82, 2.24) is 14.9 Å². The third kappa shape index (κ3) is 4.73. The zero-order chi connectivity index (χ0) is 17.5. The first-order valence-corrected chi connectivity index (χ1v) is 9.70. The highest BCUT2D eigenvalue weighted by Crippen LogP contribution is 2.31. The van der Waals surface area contributed by atoms with Crippen molar-refractivity contribution in [2.24, 2.45) is 0 Å². The van der Waals surface area contributed by atoms with Crippen molar-refractivity contribution < 1.29 is 4.74 Å². The van der Waals surface area contributed by atoms with Crippen LogP contribution in [0.15, 0.2) is 6.33 Å². The Labute approximate surface area is 150 Å². The number of rotatable bonds is 7. The van der Waals surface area contributed by atoms with Crippen molar-refractivity contribution in [2.75, 3.05) is 61.9 Å². The molecule has 2 aliphatic rings. The Morgan fingerprint density at radius 3 is 2.88 bits per heavy atom. The van der Waals surface area contributed by atoms with Gasteiger partial charge in [-0.05, 0) is 38.6 Å². The summed E-state index contributed by atoms with van der Waals surface area (Å²) in [7, 11) is 0. The molecule has 140 valence electrons. The van der Waals surface area contributed by atoms with Gasteiger partial charge in [-0.3, -0.25) is 4.90 Å². The van der Waals surface area contributed by atoms with Gasteiger partial charge in [0.15, 0.2) is 11.6 Å². The number of piperidine rings is 1. The van der Waals surface area contributed by atoms with Gasteiger partial charge in [-0.1, -0.05) is 6.92 Å². The van der Waals surface area contributed by atoms with E-state index in [-0.39, 0.29) is 0 Å². The van der Waals surface area contributed by atoms with Crippen molar-refractivity contribution in [3.8, 4) is 0 Å². The molecule has 25 heavy (non-hydrogen) atoms. The van der Waals surface area contributed by atoms with Crippen molar-refractivity contribution in [3.05, 3.63) is 6.33 Å². The van der Waals surface area contributed by atoms with Crippen LogP contribution < -0.4 is 16.0 Å². The summed E-state index contributed by atoms with van der Waals surface area (Å²) in [4.78, 5) is 13.7. The monoisotopic (exact) mass is 348 g/mol. The topological polar surface area (TPSA) is 79.5 Å². The number of nitrogens with zero attached hydrogens (tertiary/aromatic N) is 4. The molecular weight excluding hydrogens is 316 g/mol. The number of anilines is 3. The van der Waals surface area contributed by atoms with E-state index >= 15 is 0 Å². The quantitative estimate of drug-likeness (QED) is 0.729. The highest BCUT2D eigenvalue weighted by Gasteiger charge is 2.24. The van der Waals surface area contributed by atoms with Gasteiger partial charge in [0.05, 0.1) is 13.2 Å². The first-order chi connectivity index (χ1) is 12.3. The molecule has 0 saturated carbocycles. The van der Waals surface area contributed by atoms with Crippen LogP contribution in [0.25, 0.3) is 0 Å². The second kappa shape index (κ2) is 9.20. The molecule has 1 atom stereocenters. The number of nitrogens with two attached hydrogens (primary N) is 1. The van der Waals surface area contributed by atoms with E-state index < -0.39 is 0 Å². The number of hydrogen-bond donors (Lipinski definition) is 2. The van der Waals surface area contributed by atoms with Crippen LogP contribution >= 0.6 is 0 Å². The fourth-order valence-electron chi connectivity index (χ4n) is 3.79. The van der Waals surface area contributed by atoms with Gasteiger partial charge in [-0.2, -0.15) is 0 Å². The molecule has 1 unspecified atom stereocenters. The van der Waals surface area contributed by atoms with Gasteiger partial charge in [0.1, 0.15) is 12.0 Å². The smallest absolute Gasteiger partial charge is 0.157 e. The van der Waals surface area contributed by atoms with Gasteiger partial charge >= 0.3 is 0 Å². The van der Waals surface area contributed by atoms with Crippen LogP contribution in [0, 0.1) is 0 Å². The predicted molar refractivity (Wildman–Crippen MR) is 102 cm³/mol. The van der Waals surface area contributed by atoms with Crippen molar-refractivity contribution in [1.29, 1.82) is 0 Å². The van der Waals surface area contributed by atoms with Crippen molar-refractivity contribution in [3.63, 3.8) is 0 Å². The van der Waals surface area contributed by atoms with E-state index in [0.29, 0.717) is 11.7 Å². The summed E-state index contributed by atoms with van der Waals surface area (Å²) in [5.41, 5.74) is 7.09. The largest absolute Gasteiger partial charge is 0.393 e. The summed E-state index contributed by atoms with van der Waals surface area (Å²) in [6.45, 7) is 9.00. The normalized spacial score (nSPS) is 22.1. The molecule has 0 spiro atoms. The van der Waals surface area contributed by atoms with Crippen LogP contribution in [0.1, 0.15) is 39.0 Å². The molecule has 0 bridgehead atoms. The maximum Gasteiger partial charge on any atom is 0.157 e. The third-order valence-corrected chi connectivity index (χ3v) is 5.28. The number of morpholine rings is 1. The molecule has 3 N–H and O–H groups in total. The lowest BCUT2D eigenvalue weighted by Crippen LogP contribution is -2.40. The second-order valence-corrected chi connectivity index (χ2v) is 6.95. The summed E-state index contributed by atoms with van der Waals surface area (Å²) in [6, 6.07) is 0.542. The summed E-state index contributed by atoms with van der Waals surface area (Å²) in [5.74, 6) is 1.67. The Morgan fingerprint density at radius 1 is 1.24 bits per heavy atom. The molecule has 0 radical (unpaired) electrons. The lowest BCUT2D eigenvalue weighted by atomic mass is 10.00. The first kappa shape index (κ1) is 18.2. The van der Waals surface area contributed by atoms with Gasteiger partial charge < -0.3 is 20.7 Å². The number of hydrogen-bond acceptors (Lipinski definition) is 7. The van der Waals surface area contributed by atoms with Gasteiger partial charge in [0.2, 0.25) is 0 Å². The van der Waals surface area contributed by atoms with Crippen LogP contribution in [-0.4, -0.2) is 66.8 Å². The molecule has 2 saturated heterocycles. The third-order valence-electron chi connectivity index (χ3n) is 5.28. The van der Waals surface area contributed by atoms with Crippen molar-refractivity contribution in [2.45, 2.75) is 45.1 Å². The predicted octanol–water partition coefficient (Wildman–Crippen LogP) is 1.96. The Bertz CT molecular complexity index is 534. The van der Waals surface area contributed by atoms with E-state index in [1.165, 1.54) is 19.3 Å². The summed E-state index contributed by atoms with van der Waals surface area (Å²) < 4.78 is 5.38. The maximum atomic E-state index is 6.40. The van der Waals surface area contributed by atoms with Crippen LogP contribution in [0.2, 0.25) is 0 Å². The number of nitrogen functional groups attached to an aromatic ring is 1. The first-order valence-electron chi connectivity index (χ1n) is 9.70. The minimum atomic E-state index is 0.542. The van der Waals surface area contributed by atoms with Gasteiger partial charge in [0.25, 0.3) is 0 Å². The Balaban J connectivity index is 1.55. The summed E-state index contributed by atoms with van der Waals surface area (Å²) in [5, 5.41) is 3.40. The van der Waals surface area contributed by atoms with E-state index in [0.717, 1.165) is 70.4 Å². The zero-order valence-corrected chi connectivity index (χ0v) is 15.4.